The fraction of sp³-hybridized carbons (Fsp3) is 0.692. The Labute approximate surface area is 119 Å². The molecule has 1 aliphatic carbocycles. The lowest BCUT2D eigenvalue weighted by atomic mass is 10.1. The molecule has 0 aromatic carbocycles. The molecular formula is C13H21ClN4O. The normalized spacial score (nSPS) is 17.8. The molecule has 0 saturated heterocycles. The van der Waals surface area contributed by atoms with Crippen LogP contribution in [0.1, 0.15) is 48.4 Å². The van der Waals surface area contributed by atoms with Gasteiger partial charge in [0.05, 0.1) is 0 Å². The van der Waals surface area contributed by atoms with Gasteiger partial charge in [-0.05, 0) is 26.7 Å². The van der Waals surface area contributed by atoms with Crippen molar-refractivity contribution >= 4 is 18.3 Å². The van der Waals surface area contributed by atoms with E-state index in [-0.39, 0.29) is 24.4 Å². The van der Waals surface area contributed by atoms with Crippen LogP contribution in [0.4, 0.5) is 0 Å². The maximum absolute atomic E-state index is 12.6. The summed E-state index contributed by atoms with van der Waals surface area (Å²) in [4.78, 5) is 14.6. The van der Waals surface area contributed by atoms with Gasteiger partial charge in [-0.25, -0.2) is 0 Å². The first kappa shape index (κ1) is 14.3. The van der Waals surface area contributed by atoms with E-state index in [1.807, 2.05) is 4.90 Å². The third kappa shape index (κ3) is 2.62. The number of amides is 1. The predicted octanol–water partition coefficient (Wildman–Crippen LogP) is 1.49. The number of halogens is 1. The maximum Gasteiger partial charge on any atom is 0.275 e. The van der Waals surface area contributed by atoms with E-state index in [0.717, 1.165) is 43.6 Å². The first-order chi connectivity index (χ1) is 8.68. The van der Waals surface area contributed by atoms with Crippen molar-refractivity contribution in [2.45, 2.75) is 51.7 Å². The number of H-pyrrole nitrogens is 1. The third-order valence-corrected chi connectivity index (χ3v) is 3.74. The second-order valence-corrected chi connectivity index (χ2v) is 5.49. The number of carbonyl (C=O) groups excluding carboxylic acids is 1. The zero-order valence-electron chi connectivity index (χ0n) is 11.4. The number of nitrogens with zero attached hydrogens (tertiary/aromatic N) is 2. The van der Waals surface area contributed by atoms with E-state index < -0.39 is 0 Å². The van der Waals surface area contributed by atoms with E-state index in [2.05, 4.69) is 29.4 Å². The molecule has 19 heavy (non-hydrogen) atoms. The van der Waals surface area contributed by atoms with Crippen LogP contribution in [0, 0.1) is 0 Å². The van der Waals surface area contributed by atoms with Crippen molar-refractivity contribution < 1.29 is 4.79 Å². The Bertz CT molecular complexity index is 465. The molecule has 0 bridgehead atoms. The van der Waals surface area contributed by atoms with Crippen molar-refractivity contribution in [3.8, 4) is 0 Å². The highest BCUT2D eigenvalue weighted by Crippen LogP contribution is 2.30. The Morgan fingerprint density at radius 3 is 2.79 bits per heavy atom. The molecule has 0 radical (unpaired) electrons. The summed E-state index contributed by atoms with van der Waals surface area (Å²) >= 11 is 0. The van der Waals surface area contributed by atoms with Gasteiger partial charge in [-0.2, -0.15) is 5.10 Å². The van der Waals surface area contributed by atoms with Crippen molar-refractivity contribution in [2.75, 3.05) is 6.54 Å². The van der Waals surface area contributed by atoms with Crippen molar-refractivity contribution in [3.63, 3.8) is 0 Å². The first-order valence-corrected chi connectivity index (χ1v) is 6.78. The molecule has 1 aliphatic heterocycles. The number of nitrogens with one attached hydrogen (secondary N) is 2. The van der Waals surface area contributed by atoms with Gasteiger partial charge in [0.15, 0.2) is 5.69 Å². The Kier molecular flexibility index (Phi) is 4.16. The molecule has 1 fully saturated rings. The van der Waals surface area contributed by atoms with Gasteiger partial charge in [0.2, 0.25) is 0 Å². The average Bonchev–Trinajstić information content (AvgIpc) is 3.07. The lowest BCUT2D eigenvalue weighted by molar-refractivity contribution is 0.0682. The summed E-state index contributed by atoms with van der Waals surface area (Å²) in [7, 11) is 0. The molecule has 0 unspecified atom stereocenters. The number of aromatic amines is 1. The van der Waals surface area contributed by atoms with E-state index in [0.29, 0.717) is 11.7 Å². The lowest BCUT2D eigenvalue weighted by Gasteiger charge is -2.26. The van der Waals surface area contributed by atoms with Gasteiger partial charge < -0.3 is 10.2 Å². The standard InChI is InChI=1S/C13H20N4O.ClH/c1-8(2)17(9-3-4-9)13(18)12-10-7-14-6-5-11(10)15-16-12;/h8-9,14H,3-7H2,1-2H3,(H,15,16);1H. The number of carbonyl (C=O) groups is 1. The molecule has 2 aliphatic rings. The second-order valence-electron chi connectivity index (χ2n) is 5.49. The van der Waals surface area contributed by atoms with Gasteiger partial charge in [0, 0.05) is 42.9 Å². The Morgan fingerprint density at radius 2 is 2.16 bits per heavy atom. The van der Waals surface area contributed by atoms with Gasteiger partial charge in [0.1, 0.15) is 0 Å². The molecule has 2 N–H and O–H groups in total. The largest absolute Gasteiger partial charge is 0.332 e. The minimum Gasteiger partial charge on any atom is -0.332 e. The molecule has 1 amide bonds. The molecule has 5 nitrogen and oxygen atoms in total. The summed E-state index contributed by atoms with van der Waals surface area (Å²) in [6.45, 7) is 5.87. The monoisotopic (exact) mass is 284 g/mol. The summed E-state index contributed by atoms with van der Waals surface area (Å²) < 4.78 is 0. The molecule has 2 heterocycles. The van der Waals surface area contributed by atoms with Crippen LogP contribution in [0.2, 0.25) is 0 Å². The van der Waals surface area contributed by atoms with E-state index in [1.54, 1.807) is 0 Å². The van der Waals surface area contributed by atoms with Crippen LogP contribution in [0.3, 0.4) is 0 Å². The predicted molar refractivity (Wildman–Crippen MR) is 75.6 cm³/mol. The Balaban J connectivity index is 0.00000133. The highest BCUT2D eigenvalue weighted by molar-refractivity contribution is 5.94. The van der Waals surface area contributed by atoms with Crippen LogP contribution in [0.5, 0.6) is 0 Å². The van der Waals surface area contributed by atoms with Gasteiger partial charge in [-0.1, -0.05) is 0 Å². The lowest BCUT2D eigenvalue weighted by Crippen LogP contribution is -2.39. The fourth-order valence-corrected chi connectivity index (χ4v) is 2.70. The summed E-state index contributed by atoms with van der Waals surface area (Å²) in [6.07, 6.45) is 3.20. The quantitative estimate of drug-likeness (QED) is 0.884. The maximum atomic E-state index is 12.6. The average molecular weight is 285 g/mol. The summed E-state index contributed by atoms with van der Waals surface area (Å²) in [5, 5.41) is 10.6. The minimum absolute atomic E-state index is 0. The smallest absolute Gasteiger partial charge is 0.275 e. The van der Waals surface area contributed by atoms with Gasteiger partial charge in [-0.15, -0.1) is 12.4 Å². The van der Waals surface area contributed by atoms with E-state index in [9.17, 15) is 4.79 Å². The van der Waals surface area contributed by atoms with Crippen molar-refractivity contribution in [1.82, 2.24) is 20.4 Å². The molecule has 0 atom stereocenters. The third-order valence-electron chi connectivity index (χ3n) is 3.74. The number of aromatic nitrogens is 2. The summed E-state index contributed by atoms with van der Waals surface area (Å²) in [5.41, 5.74) is 2.81. The Hall–Kier alpha value is -1.07. The second kappa shape index (κ2) is 5.51. The van der Waals surface area contributed by atoms with Crippen LogP contribution >= 0.6 is 12.4 Å². The van der Waals surface area contributed by atoms with Crippen LogP contribution < -0.4 is 5.32 Å². The SMILES string of the molecule is CC(C)N(C(=O)c1n[nH]c2c1CNCC2)C1CC1.Cl. The highest BCUT2D eigenvalue weighted by atomic mass is 35.5. The zero-order chi connectivity index (χ0) is 12.7. The molecule has 3 rings (SSSR count). The van der Waals surface area contributed by atoms with Gasteiger partial charge in [0.25, 0.3) is 5.91 Å². The van der Waals surface area contributed by atoms with E-state index in [1.165, 1.54) is 0 Å². The Morgan fingerprint density at radius 1 is 1.42 bits per heavy atom. The van der Waals surface area contributed by atoms with Crippen molar-refractivity contribution in [2.24, 2.45) is 0 Å². The zero-order valence-corrected chi connectivity index (χ0v) is 12.2. The molecule has 1 aromatic heterocycles. The molecule has 1 aromatic rings. The summed E-state index contributed by atoms with van der Waals surface area (Å²) in [6, 6.07) is 0.676. The van der Waals surface area contributed by atoms with Crippen LogP contribution in [-0.2, 0) is 13.0 Å². The van der Waals surface area contributed by atoms with Gasteiger partial charge in [-0.3, -0.25) is 9.89 Å². The van der Waals surface area contributed by atoms with Gasteiger partial charge >= 0.3 is 0 Å². The molecule has 1 saturated carbocycles. The number of hydrogen-bond donors (Lipinski definition) is 2. The summed E-state index contributed by atoms with van der Waals surface area (Å²) in [5.74, 6) is 0.0914. The number of rotatable bonds is 3. The molecule has 6 heteroatoms. The minimum atomic E-state index is 0. The van der Waals surface area contributed by atoms with E-state index in [4.69, 9.17) is 0 Å². The van der Waals surface area contributed by atoms with Crippen LogP contribution in [0.25, 0.3) is 0 Å². The molecular weight excluding hydrogens is 264 g/mol. The van der Waals surface area contributed by atoms with E-state index >= 15 is 0 Å². The number of hydrogen-bond acceptors (Lipinski definition) is 3. The van der Waals surface area contributed by atoms with Crippen molar-refractivity contribution in [3.05, 3.63) is 17.0 Å². The van der Waals surface area contributed by atoms with Crippen LogP contribution in [0.15, 0.2) is 0 Å². The molecule has 106 valence electrons. The number of fused-ring (bicyclic) bond motifs is 1. The highest BCUT2D eigenvalue weighted by Gasteiger charge is 2.37. The fourth-order valence-electron chi connectivity index (χ4n) is 2.70. The first-order valence-electron chi connectivity index (χ1n) is 6.78. The van der Waals surface area contributed by atoms with Crippen molar-refractivity contribution in [1.29, 1.82) is 0 Å². The molecule has 0 spiro atoms. The van der Waals surface area contributed by atoms with Crippen LogP contribution in [-0.4, -0.2) is 39.6 Å². The topological polar surface area (TPSA) is 61.0 Å².